The highest BCUT2D eigenvalue weighted by atomic mass is 16.6. The van der Waals surface area contributed by atoms with Gasteiger partial charge in [0.05, 0.1) is 59.0 Å². The number of nitrogens with zero attached hydrogens (tertiary/aromatic N) is 3. The number of likely N-dealkylation sites (N-methyl/N-ethyl adjacent to an activating group) is 2. The van der Waals surface area contributed by atoms with E-state index in [9.17, 15) is 57.5 Å². The summed E-state index contributed by atoms with van der Waals surface area (Å²) in [6.45, 7) is 32.2. The van der Waals surface area contributed by atoms with Crippen LogP contribution in [-0.4, -0.2) is 244 Å². The van der Waals surface area contributed by atoms with Crippen molar-refractivity contribution in [2.75, 3.05) is 112 Å². The molecule has 0 heterocycles. The minimum Gasteiger partial charge on any atom is -0.459 e. The van der Waals surface area contributed by atoms with Gasteiger partial charge in [0.15, 0.2) is 0 Å². The molecule has 0 aromatic carbocycles. The average Bonchev–Trinajstić information content (AvgIpc) is 3.55. The summed E-state index contributed by atoms with van der Waals surface area (Å²) in [5.74, 6) is -6.41. The molecule has 0 bridgehead atoms. The van der Waals surface area contributed by atoms with E-state index in [1.165, 1.54) is 16.7 Å². The monoisotopic (exact) mass is 1270 g/mol. The Kier molecular flexibility index (Phi) is 40.3. The quantitative estimate of drug-likeness (QED) is 0.0235. The van der Waals surface area contributed by atoms with Crippen LogP contribution in [0, 0.1) is 0 Å². The average molecular weight is 1270 g/mol. The Morgan fingerprint density at radius 2 is 0.798 bits per heavy atom. The van der Waals surface area contributed by atoms with E-state index in [0.29, 0.717) is 39.1 Å². The zero-order valence-electron chi connectivity index (χ0n) is 57.1. The molecule has 0 aromatic rings. The molecule has 0 unspecified atom stereocenters. The first kappa shape index (κ1) is 84.5. The van der Waals surface area contributed by atoms with E-state index in [1.54, 1.807) is 130 Å². The van der Waals surface area contributed by atoms with Crippen molar-refractivity contribution in [3.63, 3.8) is 0 Å². The van der Waals surface area contributed by atoms with Crippen molar-refractivity contribution < 1.29 is 86.0 Å². The topological polar surface area (TPSA) is 366 Å². The third-order valence-electron chi connectivity index (χ3n) is 11.2. The number of carbonyl (C=O) groups excluding carboxylic acids is 12. The second-order valence-electron chi connectivity index (χ2n) is 25.8. The van der Waals surface area contributed by atoms with Crippen LogP contribution in [0.15, 0.2) is 0 Å². The van der Waals surface area contributed by atoms with Gasteiger partial charge >= 0.3 is 29.8 Å². The summed E-state index contributed by atoms with van der Waals surface area (Å²) in [7, 11) is 1.83. The van der Waals surface area contributed by atoms with Gasteiger partial charge in [-0.1, -0.05) is 13.8 Å². The van der Waals surface area contributed by atoms with Gasteiger partial charge in [0.25, 0.3) is 0 Å². The summed E-state index contributed by atoms with van der Waals surface area (Å²) in [6, 6.07) is -2.56. The molecule has 3 atom stereocenters. The highest BCUT2D eigenvalue weighted by Crippen LogP contribution is 2.18. The van der Waals surface area contributed by atoms with Crippen molar-refractivity contribution >= 4 is 71.2 Å². The first-order chi connectivity index (χ1) is 40.9. The van der Waals surface area contributed by atoms with E-state index in [-0.39, 0.29) is 95.4 Å². The van der Waals surface area contributed by atoms with Crippen molar-refractivity contribution in [3.8, 4) is 0 Å². The van der Waals surface area contributed by atoms with E-state index in [2.05, 4.69) is 42.5 Å². The third-order valence-corrected chi connectivity index (χ3v) is 11.2. The van der Waals surface area contributed by atoms with Gasteiger partial charge in [0.2, 0.25) is 41.4 Å². The van der Waals surface area contributed by atoms with Gasteiger partial charge in [0, 0.05) is 59.2 Å². The Labute approximate surface area is 528 Å². The summed E-state index contributed by atoms with van der Waals surface area (Å²) in [5.41, 5.74) is -4.33. The van der Waals surface area contributed by atoms with Crippen molar-refractivity contribution in [2.24, 2.45) is 0 Å². The van der Waals surface area contributed by atoms with Crippen LogP contribution in [0.3, 0.4) is 0 Å². The van der Waals surface area contributed by atoms with Gasteiger partial charge in [-0.05, 0) is 137 Å². The Hall–Kier alpha value is -6.56. The zero-order chi connectivity index (χ0) is 68.9. The molecule has 514 valence electrons. The molecule has 0 saturated carbocycles. The summed E-state index contributed by atoms with van der Waals surface area (Å²) in [5, 5.41) is 20.6. The van der Waals surface area contributed by atoms with Crippen LogP contribution in [-0.2, 0) is 86.0 Å². The first-order valence-corrected chi connectivity index (χ1v) is 30.3. The molecule has 29 nitrogen and oxygen atoms in total. The molecule has 0 saturated heterocycles. The van der Waals surface area contributed by atoms with Crippen LogP contribution in [0.4, 0.5) is 0 Å². The molecule has 0 rings (SSSR count). The Morgan fingerprint density at radius 3 is 1.19 bits per heavy atom. The maximum atomic E-state index is 14.2. The van der Waals surface area contributed by atoms with Gasteiger partial charge in [-0.2, -0.15) is 0 Å². The van der Waals surface area contributed by atoms with Crippen molar-refractivity contribution in [1.82, 2.24) is 57.2 Å². The van der Waals surface area contributed by atoms with Gasteiger partial charge in [-0.25, -0.2) is 0 Å². The molecular formula is C60H111N11O18. The highest BCUT2D eigenvalue weighted by Gasteiger charge is 2.34. The minimum absolute atomic E-state index is 0.0157. The molecule has 0 aliphatic rings. The summed E-state index contributed by atoms with van der Waals surface area (Å²) in [4.78, 5) is 156. The number of nitrogens with one attached hydrogen (secondary N) is 8. The maximum absolute atomic E-state index is 14.2. The van der Waals surface area contributed by atoms with Crippen LogP contribution in [0.1, 0.15) is 157 Å². The molecule has 89 heavy (non-hydrogen) atoms. The molecule has 0 fully saturated rings. The fourth-order valence-corrected chi connectivity index (χ4v) is 7.60. The van der Waals surface area contributed by atoms with Crippen molar-refractivity contribution in [2.45, 2.75) is 203 Å². The summed E-state index contributed by atoms with van der Waals surface area (Å²) < 4.78 is 33.4. The van der Waals surface area contributed by atoms with Crippen molar-refractivity contribution in [3.05, 3.63) is 0 Å². The van der Waals surface area contributed by atoms with Crippen LogP contribution in [0.25, 0.3) is 0 Å². The fourth-order valence-electron chi connectivity index (χ4n) is 7.60. The largest absolute Gasteiger partial charge is 0.459 e. The smallest absolute Gasteiger partial charge is 0.323 e. The Bertz CT molecular complexity index is 2120. The van der Waals surface area contributed by atoms with Crippen LogP contribution >= 0.6 is 0 Å². The van der Waals surface area contributed by atoms with E-state index in [0.717, 1.165) is 6.54 Å². The first-order valence-electron chi connectivity index (χ1n) is 30.3. The van der Waals surface area contributed by atoms with Crippen LogP contribution in [0.5, 0.6) is 0 Å². The van der Waals surface area contributed by atoms with E-state index in [4.69, 9.17) is 28.4 Å². The SMILES string of the molecule is CCNC(=O)[C@H](CC)NC(=O)CNC(=O)CNC(=O)CC[C@@H](C(=O)OC(C)(C)C)N(CCN(CC(=O)OC(C)(C)C)CC(=O)OC(C)(C)C)CCN(CC(=O)OC(C)(C)C)CC(=O)OC(C)(C)C.CC[C@H](NC(C)=O)C(=O)NCC(=O)NCCOCCNC. The predicted octanol–water partition coefficient (Wildman–Crippen LogP) is 0.382. The van der Waals surface area contributed by atoms with E-state index in [1.807, 2.05) is 7.05 Å². The number of amides is 7. The van der Waals surface area contributed by atoms with Crippen LogP contribution < -0.4 is 42.5 Å². The molecule has 7 amide bonds. The fraction of sp³-hybridized carbons (Fsp3) is 0.800. The third kappa shape index (κ3) is 48.0. The number of carbonyl (C=O) groups is 12. The van der Waals surface area contributed by atoms with E-state index >= 15 is 0 Å². The number of esters is 5. The second-order valence-corrected chi connectivity index (χ2v) is 25.8. The molecule has 0 spiro atoms. The van der Waals surface area contributed by atoms with Crippen molar-refractivity contribution in [1.29, 1.82) is 0 Å². The molecule has 8 N–H and O–H groups in total. The number of hydrogen-bond donors (Lipinski definition) is 8. The van der Waals surface area contributed by atoms with Gasteiger partial charge < -0.3 is 71.0 Å². The van der Waals surface area contributed by atoms with Gasteiger partial charge in [0.1, 0.15) is 46.1 Å². The zero-order valence-corrected chi connectivity index (χ0v) is 57.1. The summed E-state index contributed by atoms with van der Waals surface area (Å²) in [6.07, 6.45) is 0.347. The molecule has 0 aromatic heterocycles. The van der Waals surface area contributed by atoms with Crippen LogP contribution in [0.2, 0.25) is 0 Å². The molecule has 0 aliphatic heterocycles. The Morgan fingerprint density at radius 1 is 0.427 bits per heavy atom. The second kappa shape index (κ2) is 42.4. The molecular weight excluding hydrogens is 1160 g/mol. The lowest BCUT2D eigenvalue weighted by Crippen LogP contribution is -2.52. The minimum atomic E-state index is -1.16. The Balaban J connectivity index is 0. The highest BCUT2D eigenvalue weighted by molar-refractivity contribution is 5.92. The summed E-state index contributed by atoms with van der Waals surface area (Å²) >= 11 is 0. The van der Waals surface area contributed by atoms with Gasteiger partial charge in [-0.15, -0.1) is 0 Å². The lowest BCUT2D eigenvalue weighted by atomic mass is 10.1. The lowest BCUT2D eigenvalue weighted by Gasteiger charge is -2.35. The maximum Gasteiger partial charge on any atom is 0.323 e. The molecule has 0 radical (unpaired) electrons. The molecule has 0 aliphatic carbocycles. The molecule has 29 heteroatoms. The number of rotatable bonds is 38. The normalized spacial score (nSPS) is 12.8. The predicted molar refractivity (Wildman–Crippen MR) is 332 cm³/mol. The lowest BCUT2D eigenvalue weighted by molar-refractivity contribution is -0.165. The van der Waals surface area contributed by atoms with E-state index < -0.39 is 107 Å². The number of hydrogen-bond acceptors (Lipinski definition) is 22. The van der Waals surface area contributed by atoms with Gasteiger partial charge in [-0.3, -0.25) is 72.2 Å². The standard InChI is InChI=1S/C47H85N7O14.C13H26N4O4/c1-18-32(41(62)48-19-2)51-36(57)27-50-35(56)26-49-34(55)21-20-33(42(63)68-47(15,16)17)54(24-22-52(28-37(58)64-43(3,4)5)29-38(59)65-44(6,7)8)25-23-53(30-39(60)66-45(9,10)11)31-40(61)67-46(12,13)14;1-4-11(17-10(2)18)13(20)16-9-12(19)15-6-8-21-7-5-14-3/h32-33H,18-31H2,1-17H3,(H,48,62)(H,49,55)(H,50,56)(H,51,57);11,14H,4-9H2,1-3H3,(H,15,19)(H,16,20)(H,17,18)/t32-,33-;11-/m00/s1. The number of ether oxygens (including phenoxy) is 6.